The second-order valence-corrected chi connectivity index (χ2v) is 4.79. The number of benzene rings is 1. The van der Waals surface area contributed by atoms with Crippen molar-refractivity contribution >= 4 is 17.1 Å². The van der Waals surface area contributed by atoms with Crippen molar-refractivity contribution in [2.75, 3.05) is 18.0 Å². The topological polar surface area (TPSA) is 63.9 Å². The summed E-state index contributed by atoms with van der Waals surface area (Å²) >= 11 is 0. The van der Waals surface area contributed by atoms with Gasteiger partial charge in [-0.2, -0.15) is 4.98 Å². The summed E-state index contributed by atoms with van der Waals surface area (Å²) in [5.41, 5.74) is 1.23. The fourth-order valence-corrected chi connectivity index (χ4v) is 2.43. The maximum Gasteiger partial charge on any atom is 0.287 e. The molecule has 0 N–H and O–H groups in total. The molecule has 6 heteroatoms. The molecule has 1 aromatic carbocycles. The lowest BCUT2D eigenvalue weighted by Crippen LogP contribution is -2.32. The van der Waals surface area contributed by atoms with Crippen molar-refractivity contribution in [3.63, 3.8) is 0 Å². The van der Waals surface area contributed by atoms with E-state index in [1.165, 1.54) is 6.20 Å². The molecule has 6 nitrogen and oxygen atoms in total. The average Bonchev–Trinajstić information content (AvgIpc) is 2.57. The molecule has 0 unspecified atom stereocenters. The molecular weight excluding hydrogens is 278 g/mol. The third kappa shape index (κ3) is 2.32. The first-order valence-electron chi connectivity index (χ1n) is 7.30. The summed E-state index contributed by atoms with van der Waals surface area (Å²) in [5, 5.41) is 0. The van der Waals surface area contributed by atoms with Gasteiger partial charge in [0.05, 0.1) is 5.69 Å². The minimum absolute atomic E-state index is 0.203. The minimum atomic E-state index is -0.203. The van der Waals surface area contributed by atoms with Gasteiger partial charge in [-0.1, -0.05) is 18.2 Å². The Morgan fingerprint density at radius 1 is 1.05 bits per heavy atom. The lowest BCUT2D eigenvalue weighted by atomic mass is 10.3. The molecule has 0 fully saturated rings. The van der Waals surface area contributed by atoms with Crippen LogP contribution in [0.5, 0.6) is 0 Å². The fraction of sp³-hybridized carbons (Fsp3) is 0.250. The first-order chi connectivity index (χ1) is 10.8. The average molecular weight is 295 g/mol. The third-order valence-electron chi connectivity index (χ3n) is 3.55. The van der Waals surface area contributed by atoms with Crippen LogP contribution in [0.25, 0.3) is 16.9 Å². The Balaban J connectivity index is 2.38. The first kappa shape index (κ1) is 14.2. The molecule has 0 spiro atoms. The predicted molar refractivity (Wildman–Crippen MR) is 86.5 cm³/mol. The van der Waals surface area contributed by atoms with Crippen molar-refractivity contribution in [3.8, 4) is 5.69 Å². The highest BCUT2D eigenvalue weighted by Gasteiger charge is 2.17. The van der Waals surface area contributed by atoms with Crippen LogP contribution in [-0.2, 0) is 0 Å². The van der Waals surface area contributed by atoms with Gasteiger partial charge in [0, 0.05) is 25.5 Å². The maximum absolute atomic E-state index is 12.9. The van der Waals surface area contributed by atoms with Gasteiger partial charge in [-0.3, -0.25) is 4.79 Å². The zero-order valence-electron chi connectivity index (χ0n) is 12.6. The number of hydrogen-bond donors (Lipinski definition) is 0. The van der Waals surface area contributed by atoms with E-state index in [1.807, 2.05) is 49.1 Å². The monoisotopic (exact) mass is 295 g/mol. The van der Waals surface area contributed by atoms with Crippen LogP contribution in [0.2, 0.25) is 0 Å². The van der Waals surface area contributed by atoms with Crippen molar-refractivity contribution in [1.29, 1.82) is 0 Å². The summed E-state index contributed by atoms with van der Waals surface area (Å²) in [6.45, 7) is 5.57. The molecule has 0 aliphatic heterocycles. The smallest absolute Gasteiger partial charge is 0.287 e. The summed E-state index contributed by atoms with van der Waals surface area (Å²) in [6, 6.07) is 9.49. The van der Waals surface area contributed by atoms with Crippen LogP contribution in [0.15, 0.2) is 47.5 Å². The second kappa shape index (κ2) is 5.93. The molecule has 2 aromatic heterocycles. The number of nitrogens with zero attached hydrogens (tertiary/aromatic N) is 5. The highest BCUT2D eigenvalue weighted by molar-refractivity contribution is 5.70. The molecule has 0 saturated carbocycles. The van der Waals surface area contributed by atoms with Crippen LogP contribution in [0.3, 0.4) is 0 Å². The molecule has 0 aliphatic carbocycles. The van der Waals surface area contributed by atoms with E-state index in [-0.39, 0.29) is 11.1 Å². The number of hydrogen-bond acceptors (Lipinski definition) is 5. The lowest BCUT2D eigenvalue weighted by Gasteiger charge is -2.23. The van der Waals surface area contributed by atoms with Gasteiger partial charge in [0.25, 0.3) is 5.56 Å². The molecule has 2 heterocycles. The fourth-order valence-electron chi connectivity index (χ4n) is 2.43. The number of aromatic nitrogens is 4. The molecule has 0 radical (unpaired) electrons. The van der Waals surface area contributed by atoms with E-state index in [2.05, 4.69) is 15.0 Å². The minimum Gasteiger partial charge on any atom is -0.342 e. The van der Waals surface area contributed by atoms with E-state index in [0.29, 0.717) is 11.6 Å². The summed E-state index contributed by atoms with van der Waals surface area (Å²) in [4.78, 5) is 27.8. The van der Waals surface area contributed by atoms with Gasteiger partial charge in [-0.15, -0.1) is 0 Å². The zero-order chi connectivity index (χ0) is 15.5. The Bertz CT molecular complexity index is 840. The van der Waals surface area contributed by atoms with Crippen molar-refractivity contribution in [3.05, 3.63) is 53.1 Å². The summed E-state index contributed by atoms with van der Waals surface area (Å²) < 4.78 is 1.60. The molecule has 0 amide bonds. The molecule has 112 valence electrons. The van der Waals surface area contributed by atoms with Crippen LogP contribution in [0.1, 0.15) is 13.8 Å². The standard InChI is InChI=1S/C16H17N5O/c1-3-20(4-2)16-19-14-13(17-10-11-18-14)15(22)21(16)12-8-6-5-7-9-12/h5-11H,3-4H2,1-2H3. The van der Waals surface area contributed by atoms with E-state index in [9.17, 15) is 4.79 Å². The molecular formula is C16H17N5O. The van der Waals surface area contributed by atoms with Gasteiger partial charge in [-0.25, -0.2) is 14.5 Å². The van der Waals surface area contributed by atoms with E-state index >= 15 is 0 Å². The summed E-state index contributed by atoms with van der Waals surface area (Å²) in [5.74, 6) is 0.592. The Morgan fingerprint density at radius 2 is 1.73 bits per heavy atom. The van der Waals surface area contributed by atoms with Gasteiger partial charge >= 0.3 is 0 Å². The Kier molecular flexibility index (Phi) is 3.82. The van der Waals surface area contributed by atoms with Crippen molar-refractivity contribution in [2.45, 2.75) is 13.8 Å². The zero-order valence-corrected chi connectivity index (χ0v) is 12.6. The largest absolute Gasteiger partial charge is 0.342 e. The Hall–Kier alpha value is -2.76. The predicted octanol–water partition coefficient (Wildman–Crippen LogP) is 2.02. The van der Waals surface area contributed by atoms with Gasteiger partial charge in [0.2, 0.25) is 5.95 Å². The van der Waals surface area contributed by atoms with Gasteiger partial charge < -0.3 is 4.90 Å². The summed E-state index contributed by atoms with van der Waals surface area (Å²) in [7, 11) is 0. The van der Waals surface area contributed by atoms with Gasteiger partial charge in [-0.05, 0) is 26.0 Å². The highest BCUT2D eigenvalue weighted by Crippen LogP contribution is 2.17. The van der Waals surface area contributed by atoms with Gasteiger partial charge in [0.15, 0.2) is 11.2 Å². The highest BCUT2D eigenvalue weighted by atomic mass is 16.1. The molecule has 0 bridgehead atoms. The molecule has 3 aromatic rings. The maximum atomic E-state index is 12.9. The third-order valence-corrected chi connectivity index (χ3v) is 3.55. The SMILES string of the molecule is CCN(CC)c1nc2nccnc2c(=O)n1-c1ccccc1. The summed E-state index contributed by atoms with van der Waals surface area (Å²) in [6.07, 6.45) is 3.06. The van der Waals surface area contributed by atoms with Crippen LogP contribution in [0, 0.1) is 0 Å². The number of anilines is 1. The molecule has 22 heavy (non-hydrogen) atoms. The van der Waals surface area contributed by atoms with Crippen molar-refractivity contribution in [2.24, 2.45) is 0 Å². The number of rotatable bonds is 4. The van der Waals surface area contributed by atoms with Crippen LogP contribution in [0.4, 0.5) is 5.95 Å². The lowest BCUT2D eigenvalue weighted by molar-refractivity contribution is 0.783. The van der Waals surface area contributed by atoms with Crippen LogP contribution >= 0.6 is 0 Å². The molecule has 0 aliphatic rings. The van der Waals surface area contributed by atoms with Crippen molar-refractivity contribution in [1.82, 2.24) is 19.5 Å². The normalized spacial score (nSPS) is 10.8. The van der Waals surface area contributed by atoms with E-state index in [1.54, 1.807) is 10.8 Å². The first-order valence-corrected chi connectivity index (χ1v) is 7.30. The number of para-hydroxylation sites is 1. The number of fused-ring (bicyclic) bond motifs is 1. The van der Waals surface area contributed by atoms with E-state index in [4.69, 9.17) is 0 Å². The second-order valence-electron chi connectivity index (χ2n) is 4.79. The van der Waals surface area contributed by atoms with Crippen molar-refractivity contribution < 1.29 is 0 Å². The van der Waals surface area contributed by atoms with Gasteiger partial charge in [0.1, 0.15) is 0 Å². The Morgan fingerprint density at radius 3 is 2.41 bits per heavy atom. The molecule has 3 rings (SSSR count). The Labute approximate surface area is 128 Å². The molecule has 0 atom stereocenters. The van der Waals surface area contributed by atoms with Crippen LogP contribution in [-0.4, -0.2) is 32.6 Å². The van der Waals surface area contributed by atoms with E-state index in [0.717, 1.165) is 18.8 Å². The van der Waals surface area contributed by atoms with E-state index < -0.39 is 0 Å². The van der Waals surface area contributed by atoms with Crippen LogP contribution < -0.4 is 10.5 Å². The quantitative estimate of drug-likeness (QED) is 0.737. The molecule has 0 saturated heterocycles.